The molecule has 7 heteroatoms. The predicted molar refractivity (Wildman–Crippen MR) is 157 cm³/mol. The molecule has 0 aliphatic carbocycles. The van der Waals surface area contributed by atoms with E-state index in [2.05, 4.69) is 67.6 Å². The van der Waals surface area contributed by atoms with Gasteiger partial charge >= 0.3 is 0 Å². The molecule has 6 nitrogen and oxygen atoms in total. The summed E-state index contributed by atoms with van der Waals surface area (Å²) in [6, 6.07) is 18.3. The highest BCUT2D eigenvalue weighted by molar-refractivity contribution is 7.80. The standard InChI is InChI=1S/C31H34N4O2S/c1-18-14-19(2)29(20(3)15-18)34-21(4)16-24(22(34)5)30-28(25-10-8-9-13-32-25)33-31(38)35(30)26-17-23(36-6)11-12-27(26)37-7/h8-17,28,30H,1-7H3,(H,33,38). The minimum atomic E-state index is -0.163. The van der Waals surface area contributed by atoms with Crippen molar-refractivity contribution in [3.63, 3.8) is 0 Å². The molecule has 0 radical (unpaired) electrons. The third-order valence-corrected chi connectivity index (χ3v) is 7.71. The number of nitrogens with one attached hydrogen (secondary N) is 1. The van der Waals surface area contributed by atoms with Gasteiger partial charge in [0.2, 0.25) is 0 Å². The molecule has 196 valence electrons. The van der Waals surface area contributed by atoms with E-state index in [1.165, 1.54) is 39.3 Å². The van der Waals surface area contributed by atoms with Gasteiger partial charge in [0.15, 0.2) is 5.11 Å². The number of hydrogen-bond acceptors (Lipinski definition) is 4. The Balaban J connectivity index is 1.74. The zero-order valence-corrected chi connectivity index (χ0v) is 23.8. The molecule has 2 aromatic heterocycles. The van der Waals surface area contributed by atoms with Crippen LogP contribution in [0.25, 0.3) is 5.69 Å². The van der Waals surface area contributed by atoms with Gasteiger partial charge in [0.25, 0.3) is 0 Å². The number of rotatable bonds is 6. The number of ether oxygens (including phenoxy) is 2. The summed E-state index contributed by atoms with van der Waals surface area (Å²) in [7, 11) is 3.35. The highest BCUT2D eigenvalue weighted by Gasteiger charge is 2.43. The van der Waals surface area contributed by atoms with E-state index in [1.807, 2.05) is 42.6 Å². The number of anilines is 1. The number of thiocarbonyl (C=S) groups is 1. The molecule has 0 spiro atoms. The molecule has 0 amide bonds. The van der Waals surface area contributed by atoms with E-state index >= 15 is 0 Å². The summed E-state index contributed by atoms with van der Waals surface area (Å²) in [6.45, 7) is 10.9. The smallest absolute Gasteiger partial charge is 0.174 e. The minimum absolute atomic E-state index is 0.159. The van der Waals surface area contributed by atoms with Crippen molar-refractivity contribution < 1.29 is 9.47 Å². The van der Waals surface area contributed by atoms with Gasteiger partial charge in [-0.05, 0) is 93.9 Å². The highest BCUT2D eigenvalue weighted by atomic mass is 32.1. The molecular formula is C31H34N4O2S. The molecule has 1 fully saturated rings. The van der Waals surface area contributed by atoms with Crippen molar-refractivity contribution in [3.8, 4) is 17.2 Å². The molecule has 0 saturated carbocycles. The van der Waals surface area contributed by atoms with Gasteiger partial charge in [-0.15, -0.1) is 0 Å². The largest absolute Gasteiger partial charge is 0.497 e. The van der Waals surface area contributed by atoms with Gasteiger partial charge in [0, 0.05) is 23.7 Å². The van der Waals surface area contributed by atoms with Gasteiger partial charge in [0.1, 0.15) is 11.5 Å². The van der Waals surface area contributed by atoms with E-state index in [1.54, 1.807) is 14.2 Å². The zero-order valence-electron chi connectivity index (χ0n) is 23.0. The molecule has 0 bridgehead atoms. The Labute approximate surface area is 230 Å². The predicted octanol–water partition coefficient (Wildman–Crippen LogP) is 6.61. The minimum Gasteiger partial charge on any atom is -0.497 e. The fraction of sp³-hybridized carbons (Fsp3) is 0.290. The summed E-state index contributed by atoms with van der Waals surface area (Å²) in [4.78, 5) is 6.87. The number of pyridine rings is 1. The molecular weight excluding hydrogens is 492 g/mol. The number of aromatic nitrogens is 2. The monoisotopic (exact) mass is 526 g/mol. The van der Waals surface area contributed by atoms with Gasteiger partial charge in [-0.1, -0.05) is 23.8 Å². The van der Waals surface area contributed by atoms with Crippen LogP contribution in [0.4, 0.5) is 5.69 Å². The second-order valence-electron chi connectivity index (χ2n) is 9.94. The van der Waals surface area contributed by atoms with Gasteiger partial charge in [-0.3, -0.25) is 4.98 Å². The molecule has 4 aromatic rings. The average molecular weight is 527 g/mol. The van der Waals surface area contributed by atoms with Crippen LogP contribution in [0.1, 0.15) is 51.4 Å². The summed E-state index contributed by atoms with van der Waals surface area (Å²) < 4.78 is 13.7. The lowest BCUT2D eigenvalue weighted by molar-refractivity contribution is 0.403. The van der Waals surface area contributed by atoms with E-state index in [9.17, 15) is 0 Å². The normalized spacial score (nSPS) is 17.0. The maximum atomic E-state index is 5.98. The maximum absolute atomic E-state index is 5.98. The zero-order chi connectivity index (χ0) is 27.1. The third-order valence-electron chi connectivity index (χ3n) is 7.39. The van der Waals surface area contributed by atoms with E-state index < -0.39 is 0 Å². The molecule has 1 aliphatic heterocycles. The van der Waals surface area contributed by atoms with Gasteiger partial charge in [0.05, 0.1) is 43.4 Å². The summed E-state index contributed by atoms with van der Waals surface area (Å²) >= 11 is 5.98. The molecule has 5 rings (SSSR count). The van der Waals surface area contributed by atoms with Crippen LogP contribution < -0.4 is 19.7 Å². The lowest BCUT2D eigenvalue weighted by Crippen LogP contribution is -2.30. The van der Waals surface area contributed by atoms with Gasteiger partial charge in [-0.25, -0.2) is 0 Å². The Bertz CT molecular complexity index is 1490. The van der Waals surface area contributed by atoms with Crippen molar-refractivity contribution in [1.29, 1.82) is 0 Å². The fourth-order valence-electron chi connectivity index (χ4n) is 5.87. The number of methoxy groups -OCH3 is 2. The van der Waals surface area contributed by atoms with E-state index in [0.717, 1.165) is 22.9 Å². The Kier molecular flexibility index (Phi) is 6.88. The Morgan fingerprint density at radius 2 is 1.63 bits per heavy atom. The van der Waals surface area contributed by atoms with Crippen LogP contribution in [0.2, 0.25) is 0 Å². The van der Waals surface area contributed by atoms with Crippen LogP contribution in [0, 0.1) is 34.6 Å². The topological polar surface area (TPSA) is 51.6 Å². The number of aryl methyl sites for hydroxylation is 4. The van der Waals surface area contributed by atoms with Crippen molar-refractivity contribution >= 4 is 23.0 Å². The molecule has 1 N–H and O–H groups in total. The SMILES string of the molecule is COc1ccc(OC)c(N2C(=S)NC(c3ccccn3)C2c2cc(C)n(-c3c(C)cc(C)cc3C)c2C)c1. The Morgan fingerprint density at radius 1 is 0.895 bits per heavy atom. The average Bonchev–Trinajstić information content (AvgIpc) is 3.39. The molecule has 2 aromatic carbocycles. The van der Waals surface area contributed by atoms with Crippen LogP contribution in [0.15, 0.2) is 60.8 Å². The fourth-order valence-corrected chi connectivity index (χ4v) is 6.21. The van der Waals surface area contributed by atoms with E-state index in [0.29, 0.717) is 5.11 Å². The van der Waals surface area contributed by atoms with E-state index in [4.69, 9.17) is 26.7 Å². The number of nitrogens with zero attached hydrogens (tertiary/aromatic N) is 3. The summed E-state index contributed by atoms with van der Waals surface area (Å²) in [5, 5.41) is 4.19. The molecule has 38 heavy (non-hydrogen) atoms. The quantitative estimate of drug-likeness (QED) is 0.285. The summed E-state index contributed by atoms with van der Waals surface area (Å²) in [5.74, 6) is 1.46. The lowest BCUT2D eigenvalue weighted by Gasteiger charge is -2.29. The molecule has 2 unspecified atom stereocenters. The van der Waals surface area contributed by atoms with Crippen molar-refractivity contribution in [2.45, 2.75) is 46.7 Å². The highest BCUT2D eigenvalue weighted by Crippen LogP contribution is 2.47. The first-order valence-electron chi connectivity index (χ1n) is 12.7. The van der Waals surface area contributed by atoms with Crippen molar-refractivity contribution in [3.05, 3.63) is 100 Å². The van der Waals surface area contributed by atoms with Gasteiger partial charge < -0.3 is 24.3 Å². The third kappa shape index (κ3) is 4.31. The number of benzene rings is 2. The summed E-state index contributed by atoms with van der Waals surface area (Å²) in [5.41, 5.74) is 10.3. The van der Waals surface area contributed by atoms with Crippen LogP contribution >= 0.6 is 12.2 Å². The van der Waals surface area contributed by atoms with Crippen LogP contribution in [-0.2, 0) is 0 Å². The van der Waals surface area contributed by atoms with Gasteiger partial charge in [-0.2, -0.15) is 0 Å². The summed E-state index contributed by atoms with van der Waals surface area (Å²) in [6.07, 6.45) is 1.83. The molecule has 1 aliphatic rings. The number of hydrogen-bond donors (Lipinski definition) is 1. The first-order valence-corrected chi connectivity index (χ1v) is 13.2. The van der Waals surface area contributed by atoms with Crippen LogP contribution in [-0.4, -0.2) is 28.9 Å². The van der Waals surface area contributed by atoms with Crippen LogP contribution in [0.3, 0.4) is 0 Å². The molecule has 3 heterocycles. The molecule has 2 atom stereocenters. The first kappa shape index (κ1) is 25.8. The lowest BCUT2D eigenvalue weighted by atomic mass is 9.96. The second kappa shape index (κ2) is 10.1. The van der Waals surface area contributed by atoms with Crippen LogP contribution in [0.5, 0.6) is 11.5 Å². The molecule has 1 saturated heterocycles. The van der Waals surface area contributed by atoms with Crippen molar-refractivity contribution in [1.82, 2.24) is 14.9 Å². The first-order chi connectivity index (χ1) is 18.2. The maximum Gasteiger partial charge on any atom is 0.174 e. The van der Waals surface area contributed by atoms with E-state index in [-0.39, 0.29) is 12.1 Å². The second-order valence-corrected chi connectivity index (χ2v) is 10.3. The Morgan fingerprint density at radius 3 is 2.26 bits per heavy atom. The van der Waals surface area contributed by atoms with Crippen molar-refractivity contribution in [2.24, 2.45) is 0 Å². The Hall–Kier alpha value is -3.84. The van der Waals surface area contributed by atoms with Crippen molar-refractivity contribution in [2.75, 3.05) is 19.1 Å².